The Kier molecular flexibility index (Phi) is 7.25. The Labute approximate surface area is 189 Å². The van der Waals surface area contributed by atoms with E-state index >= 15 is 0 Å². The molecule has 31 heavy (non-hydrogen) atoms. The van der Waals surface area contributed by atoms with Crippen LogP contribution in [0.25, 0.3) is 6.08 Å². The number of amides is 1. The van der Waals surface area contributed by atoms with Crippen LogP contribution in [0.5, 0.6) is 11.5 Å². The zero-order chi connectivity index (χ0) is 22.5. The molecule has 1 heterocycles. The first-order chi connectivity index (χ1) is 14.8. The second-order valence-electron chi connectivity index (χ2n) is 6.41. The van der Waals surface area contributed by atoms with E-state index in [0.29, 0.717) is 51.1 Å². The predicted molar refractivity (Wildman–Crippen MR) is 123 cm³/mol. The summed E-state index contributed by atoms with van der Waals surface area (Å²) in [5.74, 6) is -0.137. The van der Waals surface area contributed by atoms with Crippen molar-refractivity contribution in [1.82, 2.24) is 4.90 Å². The average Bonchev–Trinajstić information content (AvgIpc) is 2.99. The van der Waals surface area contributed by atoms with Crippen LogP contribution in [0.2, 0.25) is 5.02 Å². The molecule has 0 saturated carbocycles. The Balaban J connectivity index is 1.92. The Morgan fingerprint density at radius 2 is 1.81 bits per heavy atom. The van der Waals surface area contributed by atoms with Gasteiger partial charge in [-0.15, -0.1) is 0 Å². The molecule has 1 amide bonds. The van der Waals surface area contributed by atoms with Crippen LogP contribution in [0.15, 0.2) is 46.3 Å². The van der Waals surface area contributed by atoms with Gasteiger partial charge < -0.3 is 14.6 Å². The van der Waals surface area contributed by atoms with Crippen molar-refractivity contribution in [3.05, 3.63) is 57.5 Å². The van der Waals surface area contributed by atoms with Crippen LogP contribution >= 0.6 is 23.4 Å². The van der Waals surface area contributed by atoms with Crippen molar-refractivity contribution in [1.29, 1.82) is 0 Å². The number of carbonyl (C=O) groups excluding carboxylic acids is 1. The van der Waals surface area contributed by atoms with E-state index in [2.05, 4.69) is 4.99 Å². The number of aliphatic imine (C=N–C) groups is 1. The SMILES string of the molecule is CCOc1cc(OCC)c(/C=C2\SC(=Nc3ccc(C(=O)O)cc3)N(C)C2=O)cc1Cl. The molecule has 0 spiro atoms. The molecule has 0 bridgehead atoms. The fourth-order valence-electron chi connectivity index (χ4n) is 2.79. The molecule has 162 valence electrons. The number of carboxylic acids is 1. The van der Waals surface area contributed by atoms with E-state index < -0.39 is 5.97 Å². The van der Waals surface area contributed by atoms with Crippen LogP contribution in [-0.2, 0) is 4.79 Å². The highest BCUT2D eigenvalue weighted by Crippen LogP contribution is 2.38. The van der Waals surface area contributed by atoms with Gasteiger partial charge in [-0.05, 0) is 62.0 Å². The summed E-state index contributed by atoms with van der Waals surface area (Å²) >= 11 is 7.54. The molecule has 3 rings (SSSR count). The van der Waals surface area contributed by atoms with Gasteiger partial charge in [-0.2, -0.15) is 0 Å². The van der Waals surface area contributed by atoms with Gasteiger partial charge in [-0.3, -0.25) is 9.69 Å². The van der Waals surface area contributed by atoms with Crippen molar-refractivity contribution in [2.75, 3.05) is 20.3 Å². The van der Waals surface area contributed by atoms with Crippen molar-refractivity contribution in [3.63, 3.8) is 0 Å². The fraction of sp³-hybridized carbons (Fsp3) is 0.227. The molecule has 0 aromatic heterocycles. The average molecular weight is 461 g/mol. The largest absolute Gasteiger partial charge is 0.493 e. The maximum atomic E-state index is 12.8. The van der Waals surface area contributed by atoms with Gasteiger partial charge in [0.15, 0.2) is 5.17 Å². The van der Waals surface area contributed by atoms with Crippen LogP contribution in [0, 0.1) is 0 Å². The van der Waals surface area contributed by atoms with Crippen LogP contribution in [-0.4, -0.2) is 47.3 Å². The van der Waals surface area contributed by atoms with Crippen LogP contribution in [0.1, 0.15) is 29.8 Å². The molecule has 0 atom stereocenters. The molecule has 9 heteroatoms. The Morgan fingerprint density at radius 3 is 2.42 bits per heavy atom. The molecular formula is C22H21ClN2O5S. The van der Waals surface area contributed by atoms with E-state index in [-0.39, 0.29) is 11.5 Å². The topological polar surface area (TPSA) is 88.4 Å². The maximum Gasteiger partial charge on any atom is 0.335 e. The van der Waals surface area contributed by atoms with Gasteiger partial charge >= 0.3 is 5.97 Å². The molecule has 1 N–H and O–H groups in total. The van der Waals surface area contributed by atoms with E-state index in [0.717, 1.165) is 0 Å². The van der Waals surface area contributed by atoms with E-state index in [1.807, 2.05) is 13.8 Å². The monoisotopic (exact) mass is 460 g/mol. The highest BCUT2D eigenvalue weighted by atomic mass is 35.5. The minimum absolute atomic E-state index is 0.170. The zero-order valence-electron chi connectivity index (χ0n) is 17.2. The van der Waals surface area contributed by atoms with Crippen LogP contribution < -0.4 is 9.47 Å². The lowest BCUT2D eigenvalue weighted by molar-refractivity contribution is -0.121. The summed E-state index contributed by atoms with van der Waals surface area (Å²) in [4.78, 5) is 30.1. The molecule has 0 unspecified atom stereocenters. The van der Waals surface area contributed by atoms with Crippen molar-refractivity contribution in [2.45, 2.75) is 13.8 Å². The molecule has 2 aromatic carbocycles. The van der Waals surface area contributed by atoms with E-state index in [9.17, 15) is 9.59 Å². The number of nitrogens with zero attached hydrogens (tertiary/aromatic N) is 2. The van der Waals surface area contributed by atoms with Crippen molar-refractivity contribution >= 4 is 52.2 Å². The normalized spacial score (nSPS) is 16.3. The highest BCUT2D eigenvalue weighted by molar-refractivity contribution is 8.18. The molecule has 1 aliphatic heterocycles. The second kappa shape index (κ2) is 9.89. The van der Waals surface area contributed by atoms with Gasteiger partial charge in [0.25, 0.3) is 5.91 Å². The number of carboxylic acid groups (broad SMARTS) is 1. The molecule has 2 aromatic rings. The van der Waals surface area contributed by atoms with Gasteiger partial charge in [0.1, 0.15) is 11.5 Å². The third-order valence-corrected chi connectivity index (χ3v) is 5.65. The van der Waals surface area contributed by atoms with E-state index in [1.165, 1.54) is 28.8 Å². The van der Waals surface area contributed by atoms with Gasteiger partial charge in [0.05, 0.1) is 34.4 Å². The number of benzene rings is 2. The summed E-state index contributed by atoms with van der Waals surface area (Å²) in [5, 5.41) is 9.92. The summed E-state index contributed by atoms with van der Waals surface area (Å²) in [6.45, 7) is 4.66. The quantitative estimate of drug-likeness (QED) is 0.580. The number of rotatable bonds is 7. The molecule has 0 aliphatic carbocycles. The first kappa shape index (κ1) is 22.7. The number of aromatic carboxylic acids is 1. The highest BCUT2D eigenvalue weighted by Gasteiger charge is 2.30. The molecule has 1 aliphatic rings. The molecule has 7 nitrogen and oxygen atoms in total. The van der Waals surface area contributed by atoms with Crippen molar-refractivity contribution in [2.24, 2.45) is 4.99 Å². The lowest BCUT2D eigenvalue weighted by atomic mass is 10.1. The van der Waals surface area contributed by atoms with Crippen molar-refractivity contribution < 1.29 is 24.2 Å². The maximum absolute atomic E-state index is 12.8. The number of carbonyl (C=O) groups is 2. The lowest BCUT2D eigenvalue weighted by Gasteiger charge is -2.12. The molecular weight excluding hydrogens is 440 g/mol. The predicted octanol–water partition coefficient (Wildman–Crippen LogP) is 5.07. The first-order valence-corrected chi connectivity index (χ1v) is 10.7. The van der Waals surface area contributed by atoms with E-state index in [1.54, 1.807) is 37.4 Å². The summed E-state index contributed by atoms with van der Waals surface area (Å²) in [6, 6.07) is 9.55. The van der Waals surface area contributed by atoms with E-state index in [4.69, 9.17) is 26.2 Å². The number of halogens is 1. The van der Waals surface area contributed by atoms with Crippen molar-refractivity contribution in [3.8, 4) is 11.5 Å². The minimum Gasteiger partial charge on any atom is -0.493 e. The lowest BCUT2D eigenvalue weighted by Crippen LogP contribution is -2.23. The Morgan fingerprint density at radius 1 is 1.16 bits per heavy atom. The van der Waals surface area contributed by atoms with Crippen LogP contribution in [0.3, 0.4) is 0 Å². The van der Waals surface area contributed by atoms with Gasteiger partial charge in [-0.1, -0.05) is 11.6 Å². The van der Waals surface area contributed by atoms with Gasteiger partial charge in [0, 0.05) is 18.7 Å². The Bertz CT molecular complexity index is 1070. The standard InChI is InChI=1S/C22H21ClN2O5S/c1-4-29-17-12-18(30-5-2)16(23)10-14(17)11-19-20(26)25(3)22(31-19)24-15-8-6-13(7-9-15)21(27)28/h6-12H,4-5H2,1-3H3,(H,27,28)/b19-11-,24-22?. The third-order valence-electron chi connectivity index (χ3n) is 4.29. The fourth-order valence-corrected chi connectivity index (χ4v) is 4.00. The first-order valence-electron chi connectivity index (χ1n) is 9.52. The Hall–Kier alpha value is -2.97. The van der Waals surface area contributed by atoms with Crippen LogP contribution in [0.4, 0.5) is 5.69 Å². The zero-order valence-corrected chi connectivity index (χ0v) is 18.8. The summed E-state index contributed by atoms with van der Waals surface area (Å²) in [6.07, 6.45) is 1.71. The molecule has 0 radical (unpaired) electrons. The molecule has 1 saturated heterocycles. The number of likely N-dealkylation sites (N-methyl/N-ethyl adjacent to an activating group) is 1. The number of hydrogen-bond donors (Lipinski definition) is 1. The molecule has 1 fully saturated rings. The van der Waals surface area contributed by atoms with Gasteiger partial charge in [-0.25, -0.2) is 9.79 Å². The number of hydrogen-bond acceptors (Lipinski definition) is 6. The minimum atomic E-state index is -1.01. The smallest absolute Gasteiger partial charge is 0.335 e. The number of ether oxygens (including phenoxy) is 2. The number of amidine groups is 1. The summed E-state index contributed by atoms with van der Waals surface area (Å²) < 4.78 is 11.2. The second-order valence-corrected chi connectivity index (χ2v) is 7.82. The van der Waals surface area contributed by atoms with Gasteiger partial charge in [0.2, 0.25) is 0 Å². The summed E-state index contributed by atoms with van der Waals surface area (Å²) in [5.41, 5.74) is 1.38. The summed E-state index contributed by atoms with van der Waals surface area (Å²) in [7, 11) is 1.63. The third kappa shape index (κ3) is 5.21. The number of thioether (sulfide) groups is 1.